The van der Waals surface area contributed by atoms with Gasteiger partial charge in [0.05, 0.1) is 18.8 Å². The predicted molar refractivity (Wildman–Crippen MR) is 91.8 cm³/mol. The molecule has 0 unspecified atom stereocenters. The van der Waals surface area contributed by atoms with Gasteiger partial charge in [-0.25, -0.2) is 13.6 Å². The van der Waals surface area contributed by atoms with E-state index in [0.717, 1.165) is 23.3 Å². The maximum atomic E-state index is 14.6. The summed E-state index contributed by atoms with van der Waals surface area (Å²) >= 11 is 0. The topological polar surface area (TPSA) is 75.7 Å². The van der Waals surface area contributed by atoms with Crippen LogP contribution in [0, 0.1) is 29.4 Å². The molecule has 4 rings (SSSR count). The minimum absolute atomic E-state index is 0.0286. The normalized spacial score (nSPS) is 28.5. The van der Waals surface area contributed by atoms with E-state index in [1.807, 2.05) is 0 Å². The summed E-state index contributed by atoms with van der Waals surface area (Å²) in [7, 11) is 0. The molecule has 2 amide bonds. The summed E-state index contributed by atoms with van der Waals surface area (Å²) in [5.41, 5.74) is 0.536. The molecule has 0 bridgehead atoms. The standard InChI is InChI=1S/C19H18F2N2O4/c1-9(25)22-6-12-7-23(19(26)27-12)11-4-16(20)18(17(21)5-11)10-2-13-14(3-10)15(13)8-24/h2,4-5,8,12-15H,3,6-7H2,1H3,(H,22,25)/t12-,13+,14-,15-/m0/s1. The summed E-state index contributed by atoms with van der Waals surface area (Å²) in [6, 6.07) is 2.23. The van der Waals surface area contributed by atoms with Gasteiger partial charge in [0.1, 0.15) is 24.0 Å². The van der Waals surface area contributed by atoms with Crippen molar-refractivity contribution in [3.63, 3.8) is 0 Å². The van der Waals surface area contributed by atoms with Crippen molar-refractivity contribution in [2.75, 3.05) is 18.0 Å². The van der Waals surface area contributed by atoms with Crippen LogP contribution in [0.15, 0.2) is 18.2 Å². The molecule has 1 aromatic rings. The first-order chi connectivity index (χ1) is 12.9. The predicted octanol–water partition coefficient (Wildman–Crippen LogP) is 2.27. The van der Waals surface area contributed by atoms with Gasteiger partial charge >= 0.3 is 6.09 Å². The lowest BCUT2D eigenvalue weighted by molar-refractivity contribution is -0.119. The summed E-state index contributed by atoms with van der Waals surface area (Å²) in [5.74, 6) is -1.56. The third-order valence-corrected chi connectivity index (χ3v) is 5.41. The molecule has 2 aliphatic carbocycles. The third-order valence-electron chi connectivity index (χ3n) is 5.41. The second-order valence-electron chi connectivity index (χ2n) is 7.19. The Labute approximate surface area is 154 Å². The number of nitrogens with zero attached hydrogens (tertiary/aromatic N) is 1. The molecule has 8 heteroatoms. The first-order valence-electron chi connectivity index (χ1n) is 8.77. The number of carbonyl (C=O) groups excluding carboxylic acids is 3. The summed E-state index contributed by atoms with van der Waals surface area (Å²) in [6.45, 7) is 1.57. The van der Waals surface area contributed by atoms with E-state index in [1.54, 1.807) is 6.08 Å². The van der Waals surface area contributed by atoms with Gasteiger partial charge in [0.2, 0.25) is 5.91 Å². The molecule has 27 heavy (non-hydrogen) atoms. The summed E-state index contributed by atoms with van der Waals surface area (Å²) in [4.78, 5) is 35.0. The van der Waals surface area contributed by atoms with Crippen molar-refractivity contribution in [1.29, 1.82) is 0 Å². The second kappa shape index (κ2) is 6.44. The Morgan fingerprint density at radius 1 is 1.37 bits per heavy atom. The number of aldehydes is 1. The van der Waals surface area contributed by atoms with E-state index in [-0.39, 0.29) is 48.0 Å². The average Bonchev–Trinajstić information content (AvgIpc) is 2.92. The van der Waals surface area contributed by atoms with Gasteiger partial charge in [-0.3, -0.25) is 9.69 Å². The maximum Gasteiger partial charge on any atom is 0.414 e. The fraction of sp³-hybridized carbons (Fsp3) is 0.421. The molecule has 1 saturated heterocycles. The van der Waals surface area contributed by atoms with Crippen LogP contribution in [0.1, 0.15) is 18.9 Å². The number of ether oxygens (including phenoxy) is 1. The molecule has 142 valence electrons. The van der Waals surface area contributed by atoms with Crippen molar-refractivity contribution in [2.24, 2.45) is 17.8 Å². The monoisotopic (exact) mass is 376 g/mol. The Morgan fingerprint density at radius 3 is 2.63 bits per heavy atom. The van der Waals surface area contributed by atoms with Gasteiger partial charge in [0.15, 0.2) is 0 Å². The molecule has 6 nitrogen and oxygen atoms in total. The number of carbonyl (C=O) groups is 3. The number of amides is 2. The number of nitrogens with one attached hydrogen (secondary N) is 1. The lowest BCUT2D eigenvalue weighted by atomic mass is 9.99. The first-order valence-corrected chi connectivity index (χ1v) is 8.77. The van der Waals surface area contributed by atoms with Crippen LogP contribution in [-0.4, -0.2) is 37.5 Å². The molecule has 4 atom stereocenters. The number of allylic oxidation sites excluding steroid dienone is 2. The Hall–Kier alpha value is -2.77. The van der Waals surface area contributed by atoms with Gasteiger partial charge in [-0.05, 0) is 36.0 Å². The van der Waals surface area contributed by atoms with Gasteiger partial charge < -0.3 is 14.8 Å². The van der Waals surface area contributed by atoms with E-state index in [1.165, 1.54) is 6.92 Å². The Kier molecular flexibility index (Phi) is 4.20. The highest BCUT2D eigenvalue weighted by Gasteiger charge is 2.52. The van der Waals surface area contributed by atoms with E-state index in [9.17, 15) is 23.2 Å². The van der Waals surface area contributed by atoms with E-state index < -0.39 is 23.8 Å². The third kappa shape index (κ3) is 3.09. The van der Waals surface area contributed by atoms with E-state index in [2.05, 4.69) is 5.32 Å². The fourth-order valence-electron chi connectivity index (χ4n) is 3.98. The molecule has 1 saturated carbocycles. The minimum atomic E-state index is -0.752. The molecule has 0 aromatic heterocycles. The number of anilines is 1. The summed E-state index contributed by atoms with van der Waals surface area (Å²) in [6.07, 6.45) is 1.85. The van der Waals surface area contributed by atoms with Crippen LogP contribution < -0.4 is 10.2 Å². The zero-order chi connectivity index (χ0) is 19.3. The van der Waals surface area contributed by atoms with Crippen LogP contribution >= 0.6 is 0 Å². The summed E-state index contributed by atoms with van der Waals surface area (Å²) < 4.78 is 34.4. The zero-order valence-corrected chi connectivity index (χ0v) is 14.6. The van der Waals surface area contributed by atoms with Gasteiger partial charge in [-0.15, -0.1) is 0 Å². The molecule has 3 aliphatic rings. The van der Waals surface area contributed by atoms with Crippen molar-refractivity contribution in [3.05, 3.63) is 35.4 Å². The zero-order valence-electron chi connectivity index (χ0n) is 14.6. The molecular weight excluding hydrogens is 358 g/mol. The molecule has 0 radical (unpaired) electrons. The van der Waals surface area contributed by atoms with Gasteiger partial charge in [0.25, 0.3) is 0 Å². The molecule has 0 spiro atoms. The number of halogens is 2. The highest BCUT2D eigenvalue weighted by Crippen LogP contribution is 2.57. The van der Waals surface area contributed by atoms with Crippen LogP contribution in [0.5, 0.6) is 0 Å². The molecule has 1 N–H and O–H groups in total. The van der Waals surface area contributed by atoms with Gasteiger partial charge in [-0.1, -0.05) is 6.08 Å². The first kappa shape index (κ1) is 17.6. The van der Waals surface area contributed by atoms with Gasteiger partial charge in [0, 0.05) is 18.4 Å². The number of hydrogen-bond donors (Lipinski definition) is 1. The number of fused-ring (bicyclic) bond motifs is 1. The van der Waals surface area contributed by atoms with Crippen molar-refractivity contribution in [2.45, 2.75) is 19.4 Å². The quantitative estimate of drug-likeness (QED) is 0.800. The van der Waals surface area contributed by atoms with Crippen LogP contribution in [-0.2, 0) is 14.3 Å². The number of benzene rings is 1. The maximum absolute atomic E-state index is 14.6. The largest absolute Gasteiger partial charge is 0.442 e. The molecule has 1 aromatic carbocycles. The lowest BCUT2D eigenvalue weighted by Gasteiger charge is -2.16. The second-order valence-corrected chi connectivity index (χ2v) is 7.19. The van der Waals surface area contributed by atoms with Crippen molar-refractivity contribution in [1.82, 2.24) is 5.32 Å². The van der Waals surface area contributed by atoms with E-state index >= 15 is 0 Å². The Bertz CT molecular complexity index is 846. The number of hydrogen-bond acceptors (Lipinski definition) is 4. The minimum Gasteiger partial charge on any atom is -0.442 e. The van der Waals surface area contributed by atoms with E-state index in [0.29, 0.717) is 12.0 Å². The number of rotatable bonds is 5. The molecule has 2 fully saturated rings. The molecular formula is C19H18F2N2O4. The summed E-state index contributed by atoms with van der Waals surface area (Å²) in [5, 5.41) is 2.54. The molecule has 1 heterocycles. The smallest absolute Gasteiger partial charge is 0.414 e. The highest BCUT2D eigenvalue weighted by atomic mass is 19.1. The van der Waals surface area contributed by atoms with Crippen LogP contribution in [0.4, 0.5) is 19.3 Å². The van der Waals surface area contributed by atoms with Crippen LogP contribution in [0.2, 0.25) is 0 Å². The Balaban J connectivity index is 1.53. The van der Waals surface area contributed by atoms with Crippen LogP contribution in [0.3, 0.4) is 0 Å². The number of cyclic esters (lactones) is 1. The van der Waals surface area contributed by atoms with E-state index in [4.69, 9.17) is 4.74 Å². The highest BCUT2D eigenvalue weighted by molar-refractivity contribution is 5.90. The van der Waals surface area contributed by atoms with Gasteiger partial charge in [-0.2, -0.15) is 0 Å². The van der Waals surface area contributed by atoms with Crippen molar-refractivity contribution < 1.29 is 27.9 Å². The lowest BCUT2D eigenvalue weighted by Crippen LogP contribution is -2.33. The van der Waals surface area contributed by atoms with Crippen molar-refractivity contribution >= 4 is 29.5 Å². The van der Waals surface area contributed by atoms with Crippen molar-refractivity contribution in [3.8, 4) is 0 Å². The van der Waals surface area contributed by atoms with Crippen LogP contribution in [0.25, 0.3) is 5.57 Å². The Morgan fingerprint density at radius 2 is 2.07 bits per heavy atom. The molecule has 1 aliphatic heterocycles. The fourth-order valence-corrected chi connectivity index (χ4v) is 3.98. The average molecular weight is 376 g/mol. The SMILES string of the molecule is CC(=O)NC[C@H]1CN(c2cc(F)c(C3=C[C@H]4[C@H](C=O)[C@H]4C3)c(F)c2)C(=O)O1.